The molecule has 0 saturated heterocycles. The molecule has 0 aliphatic rings. The van der Waals surface area contributed by atoms with Crippen molar-refractivity contribution in [2.45, 2.75) is 26.4 Å². The van der Waals surface area contributed by atoms with E-state index in [4.69, 9.17) is 4.74 Å². The van der Waals surface area contributed by atoms with E-state index < -0.39 is 6.10 Å². The van der Waals surface area contributed by atoms with Crippen molar-refractivity contribution in [3.63, 3.8) is 0 Å². The minimum Gasteiger partial charge on any atom is -0.496 e. The molecule has 1 atom stereocenters. The van der Waals surface area contributed by atoms with E-state index in [0.717, 1.165) is 22.6 Å². The lowest BCUT2D eigenvalue weighted by Gasteiger charge is -2.15. The molecule has 2 aromatic rings. The molecule has 102 valence electrons. The molecule has 5 nitrogen and oxygen atoms in total. The van der Waals surface area contributed by atoms with Crippen molar-refractivity contribution in [2.24, 2.45) is 7.05 Å². The number of aryl methyl sites for hydroxylation is 2. The number of methoxy groups -OCH3 is 1. The number of aliphatic hydroxyl groups is 1. The molecule has 0 amide bonds. The van der Waals surface area contributed by atoms with Crippen LogP contribution in [0.25, 0.3) is 0 Å². The number of pyridine rings is 1. The fourth-order valence-corrected chi connectivity index (χ4v) is 2.25. The Morgan fingerprint density at radius 1 is 1.37 bits per heavy atom. The van der Waals surface area contributed by atoms with Crippen LogP contribution < -0.4 is 4.74 Å². The molecular weight excluding hydrogens is 242 g/mol. The average molecular weight is 261 g/mol. The quantitative estimate of drug-likeness (QED) is 0.910. The first-order valence-corrected chi connectivity index (χ1v) is 6.19. The monoisotopic (exact) mass is 261 g/mol. The zero-order chi connectivity index (χ0) is 14.0. The molecule has 0 spiro atoms. The van der Waals surface area contributed by atoms with Gasteiger partial charge >= 0.3 is 0 Å². The number of aliphatic hydroxyl groups excluding tert-OH is 1. The highest BCUT2D eigenvalue weighted by Gasteiger charge is 2.17. The van der Waals surface area contributed by atoms with Crippen molar-refractivity contribution in [1.29, 1.82) is 0 Å². The number of hydrogen-bond donors (Lipinski definition) is 1. The Morgan fingerprint density at radius 2 is 2.11 bits per heavy atom. The first-order valence-electron chi connectivity index (χ1n) is 6.19. The second-order valence-electron chi connectivity index (χ2n) is 4.66. The maximum absolute atomic E-state index is 10.2. The Bertz CT molecular complexity index is 578. The van der Waals surface area contributed by atoms with Gasteiger partial charge in [0.15, 0.2) is 0 Å². The number of aromatic nitrogens is 3. The number of nitrogens with zero attached hydrogens (tertiary/aromatic N) is 3. The normalized spacial score (nSPS) is 12.5. The topological polar surface area (TPSA) is 60.2 Å². The molecule has 5 heteroatoms. The SMILES string of the molecule is COc1c(C)cnc(CC(O)c2nccn2C)c1C. The van der Waals surface area contributed by atoms with E-state index in [2.05, 4.69) is 9.97 Å². The smallest absolute Gasteiger partial charge is 0.137 e. The molecule has 19 heavy (non-hydrogen) atoms. The van der Waals surface area contributed by atoms with Crippen LogP contribution in [0, 0.1) is 13.8 Å². The molecule has 0 fully saturated rings. The average Bonchev–Trinajstić information content (AvgIpc) is 2.80. The molecule has 1 N–H and O–H groups in total. The lowest BCUT2D eigenvalue weighted by Crippen LogP contribution is -2.11. The second-order valence-corrected chi connectivity index (χ2v) is 4.66. The van der Waals surface area contributed by atoms with Crippen molar-refractivity contribution in [1.82, 2.24) is 14.5 Å². The Balaban J connectivity index is 2.27. The summed E-state index contributed by atoms with van der Waals surface area (Å²) in [7, 11) is 3.51. The summed E-state index contributed by atoms with van der Waals surface area (Å²) in [6, 6.07) is 0. The summed E-state index contributed by atoms with van der Waals surface area (Å²) in [5.74, 6) is 1.47. The lowest BCUT2D eigenvalue weighted by molar-refractivity contribution is 0.163. The predicted octanol–water partition coefficient (Wildman–Crippen LogP) is 1.72. The van der Waals surface area contributed by atoms with Crippen molar-refractivity contribution >= 4 is 0 Å². The molecule has 0 radical (unpaired) electrons. The Labute approximate surface area is 112 Å². The van der Waals surface area contributed by atoms with Crippen LogP contribution in [-0.2, 0) is 13.5 Å². The molecule has 0 aliphatic heterocycles. The third-order valence-corrected chi connectivity index (χ3v) is 3.29. The number of ether oxygens (including phenoxy) is 1. The molecule has 1 unspecified atom stereocenters. The van der Waals surface area contributed by atoms with Gasteiger partial charge in [-0.2, -0.15) is 0 Å². The van der Waals surface area contributed by atoms with Gasteiger partial charge in [-0.3, -0.25) is 4.98 Å². The van der Waals surface area contributed by atoms with Gasteiger partial charge in [0.05, 0.1) is 7.11 Å². The van der Waals surface area contributed by atoms with Crippen LogP contribution in [0.3, 0.4) is 0 Å². The first kappa shape index (κ1) is 13.5. The number of rotatable bonds is 4. The van der Waals surface area contributed by atoms with E-state index in [0.29, 0.717) is 12.2 Å². The summed E-state index contributed by atoms with van der Waals surface area (Å²) >= 11 is 0. The van der Waals surface area contributed by atoms with Gasteiger partial charge in [-0.05, 0) is 13.8 Å². The van der Waals surface area contributed by atoms with Crippen LogP contribution in [-0.4, -0.2) is 26.8 Å². The highest BCUT2D eigenvalue weighted by atomic mass is 16.5. The van der Waals surface area contributed by atoms with Gasteiger partial charge in [-0.15, -0.1) is 0 Å². The van der Waals surface area contributed by atoms with Crippen LogP contribution in [0.15, 0.2) is 18.6 Å². The Morgan fingerprint density at radius 3 is 2.68 bits per heavy atom. The molecule has 2 rings (SSSR count). The van der Waals surface area contributed by atoms with Crippen LogP contribution in [0.2, 0.25) is 0 Å². The van der Waals surface area contributed by atoms with Crippen molar-refractivity contribution in [3.8, 4) is 5.75 Å². The molecule has 0 bridgehead atoms. The molecular formula is C14H19N3O2. The summed E-state index contributed by atoms with van der Waals surface area (Å²) in [4.78, 5) is 8.54. The van der Waals surface area contributed by atoms with E-state index in [1.165, 1.54) is 0 Å². The summed E-state index contributed by atoms with van der Waals surface area (Å²) in [5.41, 5.74) is 2.80. The maximum Gasteiger partial charge on any atom is 0.137 e. The van der Waals surface area contributed by atoms with Crippen LogP contribution >= 0.6 is 0 Å². The third-order valence-electron chi connectivity index (χ3n) is 3.29. The molecule has 0 aliphatic carbocycles. The van der Waals surface area contributed by atoms with Gasteiger partial charge in [-0.1, -0.05) is 0 Å². The zero-order valence-corrected chi connectivity index (χ0v) is 11.7. The minimum atomic E-state index is -0.668. The molecule has 2 aromatic heterocycles. The van der Waals surface area contributed by atoms with E-state index in [1.807, 2.05) is 31.7 Å². The summed E-state index contributed by atoms with van der Waals surface area (Å²) in [6.07, 6.45) is 5.02. The summed E-state index contributed by atoms with van der Waals surface area (Å²) in [5, 5.41) is 10.2. The second kappa shape index (κ2) is 5.40. The van der Waals surface area contributed by atoms with E-state index >= 15 is 0 Å². The van der Waals surface area contributed by atoms with Crippen LogP contribution in [0.5, 0.6) is 5.75 Å². The highest BCUT2D eigenvalue weighted by molar-refractivity contribution is 5.41. The molecule has 0 saturated carbocycles. The standard InChI is InChI=1S/C14H19N3O2/c1-9-8-16-11(10(2)13(9)19-4)7-12(18)14-15-5-6-17(14)3/h5-6,8,12,18H,7H2,1-4H3. The third kappa shape index (κ3) is 2.61. The fourth-order valence-electron chi connectivity index (χ4n) is 2.25. The van der Waals surface area contributed by atoms with Crippen molar-refractivity contribution in [2.75, 3.05) is 7.11 Å². The maximum atomic E-state index is 10.2. The van der Waals surface area contributed by atoms with E-state index in [9.17, 15) is 5.11 Å². The fraction of sp³-hybridized carbons (Fsp3) is 0.429. The van der Waals surface area contributed by atoms with Gasteiger partial charge in [0.25, 0.3) is 0 Å². The summed E-state index contributed by atoms with van der Waals surface area (Å²) < 4.78 is 7.18. The van der Waals surface area contributed by atoms with Gasteiger partial charge in [-0.25, -0.2) is 4.98 Å². The Hall–Kier alpha value is -1.88. The van der Waals surface area contributed by atoms with E-state index in [1.54, 1.807) is 19.5 Å². The summed E-state index contributed by atoms with van der Waals surface area (Å²) in [6.45, 7) is 3.91. The molecule has 2 heterocycles. The van der Waals surface area contributed by atoms with Crippen molar-refractivity contribution in [3.05, 3.63) is 41.2 Å². The van der Waals surface area contributed by atoms with Gasteiger partial charge < -0.3 is 14.4 Å². The zero-order valence-electron chi connectivity index (χ0n) is 11.7. The van der Waals surface area contributed by atoms with Crippen LogP contribution in [0.4, 0.5) is 0 Å². The number of imidazole rings is 1. The van der Waals surface area contributed by atoms with Crippen LogP contribution in [0.1, 0.15) is 28.7 Å². The van der Waals surface area contributed by atoms with Gasteiger partial charge in [0.1, 0.15) is 17.7 Å². The minimum absolute atomic E-state index is 0.424. The first-order chi connectivity index (χ1) is 9.04. The largest absolute Gasteiger partial charge is 0.496 e. The Kier molecular flexibility index (Phi) is 3.85. The number of hydrogen-bond acceptors (Lipinski definition) is 4. The van der Waals surface area contributed by atoms with Gasteiger partial charge in [0.2, 0.25) is 0 Å². The van der Waals surface area contributed by atoms with E-state index in [-0.39, 0.29) is 0 Å². The highest BCUT2D eigenvalue weighted by Crippen LogP contribution is 2.26. The predicted molar refractivity (Wildman–Crippen MR) is 72.1 cm³/mol. The lowest BCUT2D eigenvalue weighted by atomic mass is 10.1. The molecule has 0 aromatic carbocycles. The van der Waals surface area contributed by atoms with Gasteiger partial charge in [0, 0.05) is 48.9 Å². The van der Waals surface area contributed by atoms with Crippen molar-refractivity contribution < 1.29 is 9.84 Å².